The van der Waals surface area contributed by atoms with E-state index in [4.69, 9.17) is 13.9 Å². The molecule has 1 spiro atoms. The van der Waals surface area contributed by atoms with Crippen LogP contribution in [0.25, 0.3) is 0 Å². The monoisotopic (exact) mass is 568 g/mol. The maximum atomic E-state index is 12.8. The third-order valence-electron chi connectivity index (χ3n) is 12.4. The lowest BCUT2D eigenvalue weighted by molar-refractivity contribution is -0.164. The van der Waals surface area contributed by atoms with Gasteiger partial charge in [-0.2, -0.15) is 0 Å². The highest BCUT2D eigenvalue weighted by Gasteiger charge is 2.86. The first-order valence-electron chi connectivity index (χ1n) is 15.8. The van der Waals surface area contributed by atoms with E-state index in [1.54, 1.807) is 6.07 Å². The summed E-state index contributed by atoms with van der Waals surface area (Å²) in [6, 6.07) is 3.40. The summed E-state index contributed by atoms with van der Waals surface area (Å²) in [4.78, 5) is 39.1. The minimum absolute atomic E-state index is 0.0699. The van der Waals surface area contributed by atoms with Crippen LogP contribution < -0.4 is 10.9 Å². The van der Waals surface area contributed by atoms with Gasteiger partial charge in [-0.1, -0.05) is 6.92 Å². The molecule has 2 N–H and O–H groups in total. The van der Waals surface area contributed by atoms with Crippen molar-refractivity contribution in [1.82, 2.24) is 10.2 Å². The highest BCUT2D eigenvalue weighted by molar-refractivity contribution is 5.78. The molecule has 1 aromatic rings. The Balaban J connectivity index is 1.13. The predicted octanol–water partition coefficient (Wildman–Crippen LogP) is 2.99. The zero-order valence-corrected chi connectivity index (χ0v) is 24.3. The molecular formula is C32H44N2O7. The van der Waals surface area contributed by atoms with Gasteiger partial charge < -0.3 is 24.3 Å². The van der Waals surface area contributed by atoms with Crippen LogP contribution in [0.15, 0.2) is 27.6 Å². The number of carbonyl (C=O) groups is 2. The molecule has 7 rings (SSSR count). The summed E-state index contributed by atoms with van der Waals surface area (Å²) in [6.45, 7) is 6.38. The second-order valence-corrected chi connectivity index (χ2v) is 14.1. The quantitative estimate of drug-likeness (QED) is 0.397. The van der Waals surface area contributed by atoms with E-state index in [9.17, 15) is 19.5 Å². The smallest absolute Gasteiger partial charge is 0.335 e. The van der Waals surface area contributed by atoms with Crippen molar-refractivity contribution >= 4 is 11.9 Å². The van der Waals surface area contributed by atoms with Gasteiger partial charge in [-0.05, 0) is 106 Å². The van der Waals surface area contributed by atoms with E-state index in [2.05, 4.69) is 17.1 Å². The molecule has 0 bridgehead atoms. The number of esters is 1. The molecule has 10 unspecified atom stereocenters. The van der Waals surface area contributed by atoms with Crippen molar-refractivity contribution in [3.05, 3.63) is 34.4 Å². The van der Waals surface area contributed by atoms with Crippen molar-refractivity contribution in [1.29, 1.82) is 0 Å². The lowest BCUT2D eigenvalue weighted by Gasteiger charge is -2.61. The van der Waals surface area contributed by atoms with E-state index >= 15 is 0 Å². The van der Waals surface area contributed by atoms with Gasteiger partial charge >= 0.3 is 11.6 Å². The molecule has 1 amide bonds. The van der Waals surface area contributed by atoms with Crippen molar-refractivity contribution in [2.75, 3.05) is 26.2 Å². The molecule has 1 aromatic heterocycles. The van der Waals surface area contributed by atoms with Crippen LogP contribution in [0, 0.1) is 28.6 Å². The van der Waals surface area contributed by atoms with Crippen LogP contribution in [0.1, 0.15) is 83.1 Å². The largest absolute Gasteiger partial charge is 0.459 e. The molecule has 2 aliphatic heterocycles. The maximum absolute atomic E-state index is 12.8. The van der Waals surface area contributed by atoms with Crippen LogP contribution in [0.4, 0.5) is 0 Å². The van der Waals surface area contributed by atoms with Crippen molar-refractivity contribution < 1.29 is 28.6 Å². The molecule has 10 atom stereocenters. The number of hydrogen-bond acceptors (Lipinski definition) is 8. The van der Waals surface area contributed by atoms with E-state index in [0.29, 0.717) is 18.4 Å². The summed E-state index contributed by atoms with van der Waals surface area (Å²) in [7, 11) is 0. The summed E-state index contributed by atoms with van der Waals surface area (Å²) in [5.41, 5.74) is -0.671. The van der Waals surface area contributed by atoms with Crippen LogP contribution in [0.5, 0.6) is 0 Å². The van der Waals surface area contributed by atoms with Gasteiger partial charge in [-0.15, -0.1) is 0 Å². The maximum Gasteiger partial charge on any atom is 0.335 e. The average Bonchev–Trinajstić information content (AvgIpc) is 3.36. The Morgan fingerprint density at radius 2 is 1.93 bits per heavy atom. The fraction of sp³-hybridized carbons (Fsp3) is 0.781. The van der Waals surface area contributed by atoms with E-state index in [0.717, 1.165) is 63.6 Å². The minimum Gasteiger partial charge on any atom is -0.459 e. The van der Waals surface area contributed by atoms with Gasteiger partial charge in [-0.25, -0.2) is 4.79 Å². The fourth-order valence-corrected chi connectivity index (χ4v) is 10.7. The zero-order valence-electron chi connectivity index (χ0n) is 24.3. The number of rotatable bonds is 6. The van der Waals surface area contributed by atoms with Crippen LogP contribution in [0.2, 0.25) is 0 Å². The second kappa shape index (κ2) is 9.91. The Morgan fingerprint density at radius 3 is 2.63 bits per heavy atom. The van der Waals surface area contributed by atoms with Gasteiger partial charge in [0.2, 0.25) is 5.91 Å². The van der Waals surface area contributed by atoms with Gasteiger partial charge in [0, 0.05) is 30.4 Å². The zero-order chi connectivity index (χ0) is 28.6. The highest BCUT2D eigenvalue weighted by Crippen LogP contribution is 2.78. The summed E-state index contributed by atoms with van der Waals surface area (Å²) in [5.74, 6) is 0.736. The number of likely N-dealkylation sites (tertiary alicyclic amines) is 1. The number of epoxide rings is 1. The number of ether oxygens (including phenoxy) is 2. The molecule has 3 heterocycles. The lowest BCUT2D eigenvalue weighted by atomic mass is 9.43. The molecular weight excluding hydrogens is 524 g/mol. The number of nitrogens with one attached hydrogen (secondary N) is 1. The normalized spacial score (nSPS) is 44.7. The average molecular weight is 569 g/mol. The summed E-state index contributed by atoms with van der Waals surface area (Å²) >= 11 is 0. The summed E-state index contributed by atoms with van der Waals surface area (Å²) in [6.07, 6.45) is 9.94. The van der Waals surface area contributed by atoms with Crippen LogP contribution in [-0.4, -0.2) is 72.0 Å². The Labute approximate surface area is 241 Å². The van der Waals surface area contributed by atoms with Gasteiger partial charge in [0.1, 0.15) is 17.8 Å². The molecule has 0 radical (unpaired) electrons. The van der Waals surface area contributed by atoms with Gasteiger partial charge in [-0.3, -0.25) is 14.5 Å². The Morgan fingerprint density at radius 1 is 1.12 bits per heavy atom. The van der Waals surface area contributed by atoms with Gasteiger partial charge in [0.25, 0.3) is 0 Å². The first-order chi connectivity index (χ1) is 19.7. The molecule has 41 heavy (non-hydrogen) atoms. The molecule has 9 heteroatoms. The molecule has 0 aromatic carbocycles. The molecule has 6 fully saturated rings. The topological polar surface area (TPSA) is 122 Å². The van der Waals surface area contributed by atoms with Crippen molar-refractivity contribution in [2.45, 2.75) is 101 Å². The van der Waals surface area contributed by atoms with Crippen LogP contribution >= 0.6 is 0 Å². The molecule has 4 aliphatic carbocycles. The van der Waals surface area contributed by atoms with Crippen molar-refractivity contribution in [2.24, 2.45) is 28.6 Å². The summed E-state index contributed by atoms with van der Waals surface area (Å²) < 4.78 is 17.9. The van der Waals surface area contributed by atoms with E-state index in [1.165, 1.54) is 32.1 Å². The SMILES string of the molecule is CC(=O)OC1C(c2ccc(=O)oc2)C2(CO)CCC3C(CCC4CC(NC(=O)CN5CCCC5)CCC43C)C23OC13. The molecule has 224 valence electrons. The van der Waals surface area contributed by atoms with Gasteiger partial charge in [0.05, 0.1) is 19.4 Å². The van der Waals surface area contributed by atoms with Crippen LogP contribution in [0.3, 0.4) is 0 Å². The van der Waals surface area contributed by atoms with Crippen molar-refractivity contribution in [3.8, 4) is 0 Å². The molecule has 6 aliphatic rings. The second-order valence-electron chi connectivity index (χ2n) is 14.1. The Kier molecular flexibility index (Phi) is 6.67. The number of fused-ring (bicyclic) bond motifs is 3. The third-order valence-corrected chi connectivity index (χ3v) is 12.4. The van der Waals surface area contributed by atoms with Crippen molar-refractivity contribution in [3.63, 3.8) is 0 Å². The minimum atomic E-state index is -0.608. The number of carbonyl (C=O) groups excluding carboxylic acids is 2. The highest BCUT2D eigenvalue weighted by atomic mass is 16.7. The molecule has 9 nitrogen and oxygen atoms in total. The number of hydrogen-bond donors (Lipinski definition) is 2. The predicted molar refractivity (Wildman–Crippen MR) is 149 cm³/mol. The van der Waals surface area contributed by atoms with E-state index in [1.807, 2.05) is 0 Å². The molecule has 4 saturated carbocycles. The number of aliphatic hydroxyl groups is 1. The van der Waals surface area contributed by atoms with Crippen LogP contribution in [-0.2, 0) is 19.1 Å². The van der Waals surface area contributed by atoms with E-state index < -0.39 is 22.7 Å². The number of nitrogens with zero attached hydrogens (tertiary/aromatic N) is 1. The lowest BCUT2D eigenvalue weighted by Crippen LogP contribution is -2.60. The summed E-state index contributed by atoms with van der Waals surface area (Å²) in [5, 5.41) is 14.5. The standard InChI is InChI=1S/C32H44N2O7/c1-19(36)40-28-27(20-5-8-26(38)39-17-20)31(18-35)12-10-23-24(32(31)29(28)41-32)7-6-21-15-22(9-11-30(21,23)2)33-25(37)16-34-13-3-4-14-34/h5,8,17,21-24,27-29,35H,3-4,6-7,9-16,18H2,1-2H3,(H,33,37). The van der Waals surface area contributed by atoms with E-state index in [-0.39, 0.29) is 47.9 Å². The molecule has 2 saturated heterocycles. The fourth-order valence-electron chi connectivity index (χ4n) is 10.7. The number of amides is 1. The number of aliphatic hydroxyl groups excluding tert-OH is 1. The first-order valence-corrected chi connectivity index (χ1v) is 15.8. The van der Waals surface area contributed by atoms with Gasteiger partial charge in [0.15, 0.2) is 0 Å². The third kappa shape index (κ3) is 4.08. The Hall–Kier alpha value is -2.23. The Bertz CT molecular complexity index is 1240. The first kappa shape index (κ1) is 27.6.